The lowest BCUT2D eigenvalue weighted by Gasteiger charge is -2.36. The van der Waals surface area contributed by atoms with Gasteiger partial charge in [-0.05, 0) is 36.5 Å². The average molecular weight is 349 g/mol. The molecule has 1 amide bonds. The summed E-state index contributed by atoms with van der Waals surface area (Å²) in [5, 5.41) is 14.1. The van der Waals surface area contributed by atoms with Crippen LogP contribution in [0, 0.1) is 11.7 Å². The maximum atomic E-state index is 13.1. The first-order chi connectivity index (χ1) is 12.0. The molecule has 1 aromatic carbocycles. The largest absolute Gasteiger partial charge is 0.385 e. The molecule has 2 aliphatic rings. The predicted molar refractivity (Wildman–Crippen MR) is 94.7 cm³/mol. The van der Waals surface area contributed by atoms with Crippen LogP contribution >= 0.6 is 0 Å². The molecular formula is C20H30FN2O2+. The van der Waals surface area contributed by atoms with E-state index < -0.39 is 5.60 Å². The molecule has 0 radical (unpaired) electrons. The smallest absolute Gasteiger partial charge is 0.275 e. The van der Waals surface area contributed by atoms with Gasteiger partial charge < -0.3 is 15.3 Å². The molecule has 2 atom stereocenters. The number of piperidine rings is 1. The third-order valence-electron chi connectivity index (χ3n) is 6.03. The molecular weight excluding hydrogens is 319 g/mol. The molecule has 1 heterocycles. The van der Waals surface area contributed by atoms with Crippen LogP contribution in [0.5, 0.6) is 0 Å². The van der Waals surface area contributed by atoms with E-state index in [-0.39, 0.29) is 11.7 Å². The maximum absolute atomic E-state index is 13.1. The van der Waals surface area contributed by atoms with Gasteiger partial charge in [0.25, 0.3) is 5.91 Å². The molecule has 0 unspecified atom stereocenters. The zero-order valence-electron chi connectivity index (χ0n) is 15.1. The number of amides is 1. The van der Waals surface area contributed by atoms with Gasteiger partial charge in [0, 0.05) is 18.9 Å². The highest BCUT2D eigenvalue weighted by molar-refractivity contribution is 5.77. The minimum atomic E-state index is -0.897. The Bertz CT molecular complexity index is 582. The molecule has 2 fully saturated rings. The summed E-state index contributed by atoms with van der Waals surface area (Å²) < 4.78 is 13.1. The lowest BCUT2D eigenvalue weighted by molar-refractivity contribution is -0.900. The molecule has 1 aromatic rings. The Kier molecular flexibility index (Phi) is 5.74. The topological polar surface area (TPSA) is 53.8 Å². The maximum Gasteiger partial charge on any atom is 0.275 e. The monoisotopic (exact) mass is 349 g/mol. The number of benzene rings is 1. The summed E-state index contributed by atoms with van der Waals surface area (Å²) in [6, 6.07) is 6.44. The van der Waals surface area contributed by atoms with Gasteiger partial charge in [-0.1, -0.05) is 31.9 Å². The van der Waals surface area contributed by atoms with Gasteiger partial charge >= 0.3 is 0 Å². The predicted octanol–water partition coefficient (Wildman–Crippen LogP) is 1.39. The number of carbonyl (C=O) groups is 1. The van der Waals surface area contributed by atoms with Crippen molar-refractivity contribution in [3.05, 3.63) is 35.6 Å². The lowest BCUT2D eigenvalue weighted by Crippen LogP contribution is -3.14. The van der Waals surface area contributed by atoms with E-state index in [1.54, 1.807) is 12.1 Å². The van der Waals surface area contributed by atoms with Gasteiger partial charge in [0.1, 0.15) is 11.4 Å². The molecule has 0 spiro atoms. The van der Waals surface area contributed by atoms with E-state index >= 15 is 0 Å². The van der Waals surface area contributed by atoms with Crippen molar-refractivity contribution >= 4 is 5.91 Å². The van der Waals surface area contributed by atoms with Gasteiger partial charge in [-0.2, -0.15) is 0 Å². The van der Waals surface area contributed by atoms with Gasteiger partial charge in [-0.15, -0.1) is 0 Å². The number of hydrogen-bond acceptors (Lipinski definition) is 2. The number of rotatable bonds is 4. The minimum absolute atomic E-state index is 0.126. The summed E-state index contributed by atoms with van der Waals surface area (Å²) in [4.78, 5) is 13.6. The molecule has 138 valence electrons. The molecule has 3 N–H and O–H groups in total. The van der Waals surface area contributed by atoms with Crippen LogP contribution in [0.2, 0.25) is 0 Å². The molecule has 4 nitrogen and oxygen atoms in total. The Balaban J connectivity index is 1.48. The molecule has 1 saturated heterocycles. The summed E-state index contributed by atoms with van der Waals surface area (Å²) >= 11 is 0. The van der Waals surface area contributed by atoms with Crippen LogP contribution in [0.15, 0.2) is 24.3 Å². The number of likely N-dealkylation sites (tertiary alicyclic amines) is 1. The average Bonchev–Trinajstić information content (AvgIpc) is 2.60. The van der Waals surface area contributed by atoms with E-state index in [4.69, 9.17) is 0 Å². The summed E-state index contributed by atoms with van der Waals surface area (Å²) in [7, 11) is 0. The van der Waals surface area contributed by atoms with E-state index in [0.29, 0.717) is 31.3 Å². The van der Waals surface area contributed by atoms with Gasteiger partial charge in [0.15, 0.2) is 6.54 Å². The second-order valence-corrected chi connectivity index (χ2v) is 7.90. The Morgan fingerprint density at radius 1 is 1.24 bits per heavy atom. The zero-order valence-corrected chi connectivity index (χ0v) is 15.1. The number of nitrogens with one attached hydrogen (secondary N) is 2. The van der Waals surface area contributed by atoms with E-state index in [1.165, 1.54) is 36.3 Å². The van der Waals surface area contributed by atoms with E-state index in [9.17, 15) is 14.3 Å². The van der Waals surface area contributed by atoms with Crippen molar-refractivity contribution in [1.82, 2.24) is 5.32 Å². The Morgan fingerprint density at radius 3 is 2.52 bits per heavy atom. The van der Waals surface area contributed by atoms with Crippen LogP contribution in [0.25, 0.3) is 0 Å². The van der Waals surface area contributed by atoms with Crippen molar-refractivity contribution < 1.29 is 19.2 Å². The summed E-state index contributed by atoms with van der Waals surface area (Å²) in [6.45, 7) is 4.20. The lowest BCUT2D eigenvalue weighted by atomic mass is 9.84. The number of aliphatic hydroxyl groups is 1. The number of hydrogen-bond donors (Lipinski definition) is 3. The highest BCUT2D eigenvalue weighted by Crippen LogP contribution is 2.29. The second kappa shape index (κ2) is 7.83. The second-order valence-electron chi connectivity index (χ2n) is 7.90. The number of carbonyl (C=O) groups excluding carboxylic acids is 1. The Morgan fingerprint density at radius 2 is 1.88 bits per heavy atom. The van der Waals surface area contributed by atoms with Crippen LogP contribution in [0.3, 0.4) is 0 Å². The molecule has 25 heavy (non-hydrogen) atoms. The summed E-state index contributed by atoms with van der Waals surface area (Å²) in [5.41, 5.74) is -0.126. The fraction of sp³-hybridized carbons (Fsp3) is 0.650. The zero-order chi connectivity index (χ0) is 17.9. The molecule has 3 rings (SSSR count). The molecule has 0 bridgehead atoms. The van der Waals surface area contributed by atoms with Crippen LogP contribution in [-0.4, -0.2) is 36.7 Å². The number of halogens is 1. The summed E-state index contributed by atoms with van der Waals surface area (Å²) in [6.07, 6.45) is 5.96. The third-order valence-corrected chi connectivity index (χ3v) is 6.03. The molecule has 1 aliphatic carbocycles. The van der Waals surface area contributed by atoms with E-state index in [2.05, 4.69) is 12.2 Å². The fourth-order valence-electron chi connectivity index (χ4n) is 4.26. The quantitative estimate of drug-likeness (QED) is 0.769. The van der Waals surface area contributed by atoms with Crippen LogP contribution in [0.4, 0.5) is 4.39 Å². The first kappa shape index (κ1) is 18.3. The van der Waals surface area contributed by atoms with Crippen molar-refractivity contribution in [2.24, 2.45) is 5.92 Å². The molecule has 1 saturated carbocycles. The summed E-state index contributed by atoms with van der Waals surface area (Å²) in [5.74, 6) is 0.405. The van der Waals surface area contributed by atoms with Crippen LogP contribution in [0.1, 0.15) is 51.0 Å². The van der Waals surface area contributed by atoms with Crippen molar-refractivity contribution in [3.63, 3.8) is 0 Å². The van der Waals surface area contributed by atoms with Gasteiger partial charge in [0.05, 0.1) is 13.1 Å². The Labute approximate surface area is 149 Å². The number of quaternary nitrogens is 1. The SMILES string of the molecule is C[C@@H]1CCCC[C@H]1NC(=O)C[NH+]1CCC(O)(c2ccc(F)cc2)CC1. The highest BCUT2D eigenvalue weighted by atomic mass is 19.1. The van der Waals surface area contributed by atoms with E-state index in [0.717, 1.165) is 25.1 Å². The first-order valence-corrected chi connectivity index (χ1v) is 9.58. The van der Waals surface area contributed by atoms with Crippen molar-refractivity contribution in [1.29, 1.82) is 0 Å². The van der Waals surface area contributed by atoms with E-state index in [1.807, 2.05) is 0 Å². The third kappa shape index (κ3) is 4.59. The minimum Gasteiger partial charge on any atom is -0.385 e. The first-order valence-electron chi connectivity index (χ1n) is 9.58. The standard InChI is InChI=1S/C20H29FN2O2/c1-15-4-2-3-5-18(15)22-19(24)14-23-12-10-20(25,11-13-23)16-6-8-17(21)9-7-16/h6-9,15,18,25H,2-5,10-14H2,1H3,(H,22,24)/p+1/t15-,18-/m1/s1. The van der Waals surface area contributed by atoms with Crippen molar-refractivity contribution in [3.8, 4) is 0 Å². The van der Waals surface area contributed by atoms with Gasteiger partial charge in [0.2, 0.25) is 0 Å². The fourth-order valence-corrected chi connectivity index (χ4v) is 4.26. The Hall–Kier alpha value is -1.46. The normalized spacial score (nSPS) is 33.0. The molecule has 1 aliphatic heterocycles. The highest BCUT2D eigenvalue weighted by Gasteiger charge is 2.37. The molecule has 5 heteroatoms. The van der Waals surface area contributed by atoms with Crippen LogP contribution < -0.4 is 10.2 Å². The van der Waals surface area contributed by atoms with Gasteiger partial charge in [-0.25, -0.2) is 4.39 Å². The van der Waals surface area contributed by atoms with Gasteiger partial charge in [-0.3, -0.25) is 4.79 Å². The van der Waals surface area contributed by atoms with Crippen molar-refractivity contribution in [2.75, 3.05) is 19.6 Å². The van der Waals surface area contributed by atoms with Crippen LogP contribution in [-0.2, 0) is 10.4 Å². The molecule has 0 aromatic heterocycles. The van der Waals surface area contributed by atoms with Crippen molar-refractivity contribution in [2.45, 2.75) is 57.1 Å².